The lowest BCUT2D eigenvalue weighted by atomic mass is 10.1. The Bertz CT molecular complexity index is 319. The minimum atomic E-state index is 0.476. The number of hydrogen-bond acceptors (Lipinski definition) is 4. The molecule has 1 saturated heterocycles. The van der Waals surface area contributed by atoms with Gasteiger partial charge < -0.3 is 14.9 Å². The van der Waals surface area contributed by atoms with Crippen molar-refractivity contribution in [3.05, 3.63) is 23.7 Å². The third-order valence-corrected chi connectivity index (χ3v) is 3.26. The third kappa shape index (κ3) is 2.64. The lowest BCUT2D eigenvalue weighted by Gasteiger charge is -2.31. The highest BCUT2D eigenvalue weighted by atomic mass is 16.5. The van der Waals surface area contributed by atoms with Crippen LogP contribution >= 0.6 is 0 Å². The molecule has 1 aromatic rings. The van der Waals surface area contributed by atoms with E-state index >= 15 is 0 Å². The number of nitrogens with zero attached hydrogens (tertiary/aromatic N) is 1. The van der Waals surface area contributed by atoms with E-state index in [4.69, 9.17) is 14.9 Å². The van der Waals surface area contributed by atoms with Gasteiger partial charge in [0.05, 0.1) is 12.8 Å². The summed E-state index contributed by atoms with van der Waals surface area (Å²) in [7, 11) is 2.16. The molecule has 4 heteroatoms. The van der Waals surface area contributed by atoms with Crippen LogP contribution in [0.2, 0.25) is 0 Å². The third-order valence-electron chi connectivity index (χ3n) is 3.26. The molecule has 0 aliphatic carbocycles. The minimum absolute atomic E-state index is 0.476. The Kier molecular flexibility index (Phi) is 3.98. The Balaban J connectivity index is 1.93. The molecule has 16 heavy (non-hydrogen) atoms. The highest BCUT2D eigenvalue weighted by molar-refractivity contribution is 5.16. The zero-order chi connectivity index (χ0) is 11.4. The number of hydrogen-bond donors (Lipinski definition) is 1. The average Bonchev–Trinajstić information content (AvgIpc) is 2.77. The zero-order valence-electron chi connectivity index (χ0n) is 9.82. The van der Waals surface area contributed by atoms with E-state index in [0.29, 0.717) is 12.6 Å². The molecule has 0 atom stereocenters. The highest BCUT2D eigenvalue weighted by Gasteiger charge is 2.19. The van der Waals surface area contributed by atoms with Crippen LogP contribution in [0.25, 0.3) is 0 Å². The molecule has 0 bridgehead atoms. The van der Waals surface area contributed by atoms with Gasteiger partial charge in [-0.3, -0.25) is 4.90 Å². The second-order valence-corrected chi connectivity index (χ2v) is 4.33. The largest absolute Gasteiger partial charge is 0.468 e. The maximum absolute atomic E-state index is 5.62. The van der Waals surface area contributed by atoms with Crippen LogP contribution in [0.5, 0.6) is 0 Å². The van der Waals surface area contributed by atoms with Crippen molar-refractivity contribution < 1.29 is 9.15 Å². The molecule has 2 heterocycles. The molecule has 0 radical (unpaired) electrons. The Hall–Kier alpha value is -0.840. The predicted molar refractivity (Wildman–Crippen MR) is 61.9 cm³/mol. The SMILES string of the molecule is CN(Cc1ccoc1CN)C1CCOCC1. The van der Waals surface area contributed by atoms with Gasteiger partial charge in [0.15, 0.2) is 0 Å². The standard InChI is InChI=1S/C12H20N2O2/c1-14(11-3-5-15-6-4-11)9-10-2-7-16-12(10)8-13/h2,7,11H,3-6,8-9,13H2,1H3. The smallest absolute Gasteiger partial charge is 0.121 e. The van der Waals surface area contributed by atoms with Crippen LogP contribution in [0.3, 0.4) is 0 Å². The van der Waals surface area contributed by atoms with Crippen molar-refractivity contribution in [2.24, 2.45) is 5.73 Å². The quantitative estimate of drug-likeness (QED) is 0.838. The number of rotatable bonds is 4. The Morgan fingerprint density at radius 3 is 2.88 bits per heavy atom. The van der Waals surface area contributed by atoms with Crippen LogP contribution in [0.1, 0.15) is 24.2 Å². The van der Waals surface area contributed by atoms with Gasteiger partial charge in [0, 0.05) is 31.4 Å². The molecule has 1 aliphatic rings. The van der Waals surface area contributed by atoms with E-state index < -0.39 is 0 Å². The lowest BCUT2D eigenvalue weighted by Crippen LogP contribution is -2.36. The number of furan rings is 1. The number of ether oxygens (including phenoxy) is 1. The fourth-order valence-corrected chi connectivity index (χ4v) is 2.21. The van der Waals surface area contributed by atoms with Gasteiger partial charge in [-0.1, -0.05) is 0 Å². The summed E-state index contributed by atoms with van der Waals surface area (Å²) in [6.07, 6.45) is 3.95. The van der Waals surface area contributed by atoms with E-state index in [1.54, 1.807) is 6.26 Å². The molecule has 1 aliphatic heterocycles. The molecule has 0 spiro atoms. The van der Waals surface area contributed by atoms with Crippen LogP contribution in [-0.2, 0) is 17.8 Å². The van der Waals surface area contributed by atoms with Crippen molar-refractivity contribution in [2.75, 3.05) is 20.3 Å². The molecular formula is C12H20N2O2. The summed E-state index contributed by atoms with van der Waals surface area (Å²) in [6, 6.07) is 2.63. The van der Waals surface area contributed by atoms with Crippen molar-refractivity contribution in [3.63, 3.8) is 0 Å². The van der Waals surface area contributed by atoms with Gasteiger partial charge in [0.25, 0.3) is 0 Å². The fraction of sp³-hybridized carbons (Fsp3) is 0.667. The zero-order valence-corrected chi connectivity index (χ0v) is 9.82. The summed E-state index contributed by atoms with van der Waals surface area (Å²) in [5.41, 5.74) is 6.82. The topological polar surface area (TPSA) is 51.6 Å². The van der Waals surface area contributed by atoms with Gasteiger partial charge in [-0.15, -0.1) is 0 Å². The average molecular weight is 224 g/mol. The number of nitrogens with two attached hydrogens (primary N) is 1. The molecule has 0 amide bonds. The van der Waals surface area contributed by atoms with E-state index in [2.05, 4.69) is 11.9 Å². The second-order valence-electron chi connectivity index (χ2n) is 4.33. The predicted octanol–water partition coefficient (Wildman–Crippen LogP) is 1.35. The van der Waals surface area contributed by atoms with E-state index in [1.165, 1.54) is 5.56 Å². The normalized spacial score (nSPS) is 18.2. The summed E-state index contributed by atoms with van der Waals surface area (Å²) in [4.78, 5) is 2.37. The summed E-state index contributed by atoms with van der Waals surface area (Å²) in [6.45, 7) is 3.14. The summed E-state index contributed by atoms with van der Waals surface area (Å²) < 4.78 is 10.7. The van der Waals surface area contributed by atoms with Crippen LogP contribution in [0, 0.1) is 0 Å². The highest BCUT2D eigenvalue weighted by Crippen LogP contribution is 2.18. The van der Waals surface area contributed by atoms with Crippen LogP contribution in [0.15, 0.2) is 16.7 Å². The first-order valence-corrected chi connectivity index (χ1v) is 5.84. The first-order chi connectivity index (χ1) is 7.81. The maximum atomic E-state index is 5.62. The van der Waals surface area contributed by atoms with Crippen molar-refractivity contribution in [1.29, 1.82) is 0 Å². The van der Waals surface area contributed by atoms with E-state index in [0.717, 1.165) is 38.4 Å². The Morgan fingerprint density at radius 2 is 2.19 bits per heavy atom. The van der Waals surface area contributed by atoms with E-state index in [-0.39, 0.29) is 0 Å². The molecule has 4 nitrogen and oxygen atoms in total. The molecule has 0 saturated carbocycles. The van der Waals surface area contributed by atoms with Gasteiger partial charge in [-0.25, -0.2) is 0 Å². The van der Waals surface area contributed by atoms with Gasteiger partial charge in [0.1, 0.15) is 5.76 Å². The summed E-state index contributed by atoms with van der Waals surface area (Å²) in [5.74, 6) is 0.902. The molecule has 0 aromatic carbocycles. The summed E-state index contributed by atoms with van der Waals surface area (Å²) >= 11 is 0. The molecular weight excluding hydrogens is 204 g/mol. The first kappa shape index (κ1) is 11.6. The van der Waals surface area contributed by atoms with Crippen LogP contribution in [-0.4, -0.2) is 31.2 Å². The first-order valence-electron chi connectivity index (χ1n) is 5.84. The van der Waals surface area contributed by atoms with Crippen LogP contribution in [0.4, 0.5) is 0 Å². The van der Waals surface area contributed by atoms with Crippen LogP contribution < -0.4 is 5.73 Å². The minimum Gasteiger partial charge on any atom is -0.468 e. The molecule has 2 rings (SSSR count). The van der Waals surface area contributed by atoms with Gasteiger partial charge >= 0.3 is 0 Å². The van der Waals surface area contributed by atoms with E-state index in [1.807, 2.05) is 6.07 Å². The van der Waals surface area contributed by atoms with Crippen molar-refractivity contribution >= 4 is 0 Å². The van der Waals surface area contributed by atoms with Crippen molar-refractivity contribution in [1.82, 2.24) is 4.90 Å². The molecule has 1 aromatic heterocycles. The molecule has 90 valence electrons. The Labute approximate surface area is 96.4 Å². The van der Waals surface area contributed by atoms with Crippen molar-refractivity contribution in [2.45, 2.75) is 32.0 Å². The van der Waals surface area contributed by atoms with Gasteiger partial charge in [0.2, 0.25) is 0 Å². The second kappa shape index (κ2) is 5.48. The molecule has 0 unspecified atom stereocenters. The van der Waals surface area contributed by atoms with E-state index in [9.17, 15) is 0 Å². The lowest BCUT2D eigenvalue weighted by molar-refractivity contribution is 0.0405. The Morgan fingerprint density at radius 1 is 1.44 bits per heavy atom. The van der Waals surface area contributed by atoms with Gasteiger partial charge in [-0.05, 0) is 26.0 Å². The summed E-state index contributed by atoms with van der Waals surface area (Å²) in [5, 5.41) is 0. The molecule has 1 fully saturated rings. The van der Waals surface area contributed by atoms with Crippen molar-refractivity contribution in [3.8, 4) is 0 Å². The molecule has 2 N–H and O–H groups in total. The fourth-order valence-electron chi connectivity index (χ4n) is 2.21. The maximum Gasteiger partial charge on any atom is 0.121 e. The van der Waals surface area contributed by atoms with Gasteiger partial charge in [-0.2, -0.15) is 0 Å². The monoisotopic (exact) mass is 224 g/mol.